The van der Waals surface area contributed by atoms with Crippen molar-refractivity contribution in [3.63, 3.8) is 0 Å². The molecular weight excluding hydrogens is 164 g/mol. The highest BCUT2D eigenvalue weighted by molar-refractivity contribution is 4.70. The summed E-state index contributed by atoms with van der Waals surface area (Å²) in [7, 11) is 0. The number of ether oxygens (including phenoxy) is 1. The minimum atomic E-state index is 0.736. The molecule has 1 saturated heterocycles. The molecule has 1 heterocycles. The lowest BCUT2D eigenvalue weighted by Gasteiger charge is -2.09. The van der Waals surface area contributed by atoms with Gasteiger partial charge in [-0.2, -0.15) is 0 Å². The molecule has 1 rings (SSSR count). The van der Waals surface area contributed by atoms with Crippen LogP contribution in [0.4, 0.5) is 0 Å². The van der Waals surface area contributed by atoms with Gasteiger partial charge >= 0.3 is 0 Å². The van der Waals surface area contributed by atoms with Crippen molar-refractivity contribution >= 4 is 0 Å². The van der Waals surface area contributed by atoms with Crippen molar-refractivity contribution in [2.24, 2.45) is 5.92 Å². The van der Waals surface area contributed by atoms with Gasteiger partial charge in [-0.1, -0.05) is 6.08 Å². The SMILES string of the molecule is C=CCNCCNCC1CCOC1. The van der Waals surface area contributed by atoms with E-state index in [4.69, 9.17) is 4.74 Å². The summed E-state index contributed by atoms with van der Waals surface area (Å²) >= 11 is 0. The largest absolute Gasteiger partial charge is 0.381 e. The summed E-state index contributed by atoms with van der Waals surface area (Å²) in [5.41, 5.74) is 0. The van der Waals surface area contributed by atoms with Gasteiger partial charge in [-0.3, -0.25) is 0 Å². The first-order valence-corrected chi connectivity index (χ1v) is 5.03. The van der Waals surface area contributed by atoms with Gasteiger partial charge in [-0.15, -0.1) is 6.58 Å². The molecule has 1 fully saturated rings. The summed E-state index contributed by atoms with van der Waals surface area (Å²) in [5, 5.41) is 6.66. The van der Waals surface area contributed by atoms with Gasteiger partial charge in [0.05, 0.1) is 6.61 Å². The maximum atomic E-state index is 5.28. The van der Waals surface area contributed by atoms with Crippen LogP contribution in [-0.2, 0) is 4.74 Å². The van der Waals surface area contributed by atoms with E-state index in [0.29, 0.717) is 0 Å². The van der Waals surface area contributed by atoms with Crippen molar-refractivity contribution in [1.82, 2.24) is 10.6 Å². The highest BCUT2D eigenvalue weighted by atomic mass is 16.5. The first kappa shape index (κ1) is 10.7. The highest BCUT2D eigenvalue weighted by Crippen LogP contribution is 2.09. The summed E-state index contributed by atoms with van der Waals surface area (Å²) < 4.78 is 5.28. The molecule has 1 atom stereocenters. The van der Waals surface area contributed by atoms with Crippen LogP contribution < -0.4 is 10.6 Å². The summed E-state index contributed by atoms with van der Waals surface area (Å²) in [6.45, 7) is 9.56. The second-order valence-electron chi connectivity index (χ2n) is 3.43. The quantitative estimate of drug-likeness (QED) is 0.443. The standard InChI is InChI=1S/C10H20N2O/c1-2-4-11-5-6-12-8-10-3-7-13-9-10/h2,10-12H,1,3-9H2. The van der Waals surface area contributed by atoms with Crippen LogP contribution >= 0.6 is 0 Å². The first-order valence-electron chi connectivity index (χ1n) is 5.03. The lowest BCUT2D eigenvalue weighted by molar-refractivity contribution is 0.185. The van der Waals surface area contributed by atoms with Crippen molar-refractivity contribution in [2.75, 3.05) is 39.4 Å². The minimum Gasteiger partial charge on any atom is -0.381 e. The summed E-state index contributed by atoms with van der Waals surface area (Å²) in [5.74, 6) is 0.736. The predicted molar refractivity (Wildman–Crippen MR) is 54.9 cm³/mol. The molecule has 0 aromatic carbocycles. The fourth-order valence-electron chi connectivity index (χ4n) is 1.43. The van der Waals surface area contributed by atoms with E-state index in [1.54, 1.807) is 0 Å². The number of rotatable bonds is 7. The van der Waals surface area contributed by atoms with Crippen LogP contribution in [0.15, 0.2) is 12.7 Å². The smallest absolute Gasteiger partial charge is 0.0507 e. The molecule has 3 heteroatoms. The Balaban J connectivity index is 1.80. The van der Waals surface area contributed by atoms with E-state index in [2.05, 4.69) is 17.2 Å². The number of hydrogen-bond acceptors (Lipinski definition) is 3. The van der Waals surface area contributed by atoms with Crippen molar-refractivity contribution in [3.8, 4) is 0 Å². The van der Waals surface area contributed by atoms with Crippen LogP contribution in [0.3, 0.4) is 0 Å². The molecule has 13 heavy (non-hydrogen) atoms. The third kappa shape index (κ3) is 5.03. The molecule has 0 spiro atoms. The maximum absolute atomic E-state index is 5.28. The van der Waals surface area contributed by atoms with E-state index in [-0.39, 0.29) is 0 Å². The normalized spacial score (nSPS) is 22.0. The molecule has 1 unspecified atom stereocenters. The van der Waals surface area contributed by atoms with E-state index >= 15 is 0 Å². The van der Waals surface area contributed by atoms with Gasteiger partial charge in [-0.05, 0) is 12.3 Å². The second-order valence-corrected chi connectivity index (χ2v) is 3.43. The third-order valence-corrected chi connectivity index (χ3v) is 2.22. The molecule has 0 bridgehead atoms. The molecule has 76 valence electrons. The van der Waals surface area contributed by atoms with Gasteiger partial charge in [0, 0.05) is 32.8 Å². The molecule has 1 aliphatic rings. The van der Waals surface area contributed by atoms with Crippen LogP contribution in [0, 0.1) is 5.92 Å². The maximum Gasteiger partial charge on any atom is 0.0507 e. The minimum absolute atomic E-state index is 0.736. The first-order chi connectivity index (χ1) is 6.43. The second kappa shape index (κ2) is 7.06. The van der Waals surface area contributed by atoms with Crippen LogP contribution in [0.1, 0.15) is 6.42 Å². The Bertz CT molecular complexity index is 133. The Morgan fingerprint density at radius 3 is 2.92 bits per heavy atom. The van der Waals surface area contributed by atoms with Gasteiger partial charge in [0.2, 0.25) is 0 Å². The molecule has 0 amide bonds. The van der Waals surface area contributed by atoms with Crippen LogP contribution in [0.2, 0.25) is 0 Å². The lowest BCUT2D eigenvalue weighted by Crippen LogP contribution is -2.31. The number of hydrogen-bond donors (Lipinski definition) is 2. The zero-order valence-corrected chi connectivity index (χ0v) is 8.22. The summed E-state index contributed by atoms with van der Waals surface area (Å²) in [4.78, 5) is 0. The molecule has 3 nitrogen and oxygen atoms in total. The Hall–Kier alpha value is -0.380. The Kier molecular flexibility index (Phi) is 5.81. The molecule has 0 aromatic heterocycles. The molecule has 0 saturated carbocycles. The zero-order chi connectivity index (χ0) is 9.36. The fraction of sp³-hybridized carbons (Fsp3) is 0.800. The van der Waals surface area contributed by atoms with Gasteiger partial charge in [-0.25, -0.2) is 0 Å². The van der Waals surface area contributed by atoms with E-state index in [0.717, 1.165) is 45.3 Å². The third-order valence-electron chi connectivity index (χ3n) is 2.22. The Labute approximate surface area is 80.5 Å². The number of nitrogens with one attached hydrogen (secondary N) is 2. The van der Waals surface area contributed by atoms with Crippen molar-refractivity contribution in [1.29, 1.82) is 0 Å². The highest BCUT2D eigenvalue weighted by Gasteiger charge is 2.14. The molecule has 0 aliphatic carbocycles. The van der Waals surface area contributed by atoms with Gasteiger partial charge in [0.25, 0.3) is 0 Å². The Morgan fingerprint density at radius 2 is 2.23 bits per heavy atom. The van der Waals surface area contributed by atoms with E-state index in [1.165, 1.54) is 6.42 Å². The van der Waals surface area contributed by atoms with E-state index < -0.39 is 0 Å². The van der Waals surface area contributed by atoms with Crippen molar-refractivity contribution in [3.05, 3.63) is 12.7 Å². The fourth-order valence-corrected chi connectivity index (χ4v) is 1.43. The van der Waals surface area contributed by atoms with Gasteiger partial charge in [0.1, 0.15) is 0 Å². The molecule has 2 N–H and O–H groups in total. The van der Waals surface area contributed by atoms with Crippen LogP contribution in [0.25, 0.3) is 0 Å². The molecule has 1 aliphatic heterocycles. The van der Waals surface area contributed by atoms with Crippen molar-refractivity contribution < 1.29 is 4.74 Å². The zero-order valence-electron chi connectivity index (χ0n) is 8.22. The molecular formula is C10H20N2O. The Morgan fingerprint density at radius 1 is 1.38 bits per heavy atom. The molecule has 0 radical (unpaired) electrons. The summed E-state index contributed by atoms with van der Waals surface area (Å²) in [6.07, 6.45) is 3.10. The monoisotopic (exact) mass is 184 g/mol. The van der Waals surface area contributed by atoms with Gasteiger partial charge < -0.3 is 15.4 Å². The summed E-state index contributed by atoms with van der Waals surface area (Å²) in [6, 6.07) is 0. The molecule has 0 aromatic rings. The lowest BCUT2D eigenvalue weighted by atomic mass is 10.1. The van der Waals surface area contributed by atoms with Crippen LogP contribution in [0.5, 0.6) is 0 Å². The van der Waals surface area contributed by atoms with Crippen LogP contribution in [-0.4, -0.2) is 39.4 Å². The van der Waals surface area contributed by atoms with E-state index in [9.17, 15) is 0 Å². The predicted octanol–water partition coefficient (Wildman–Crippen LogP) is 0.388. The topological polar surface area (TPSA) is 33.3 Å². The average molecular weight is 184 g/mol. The van der Waals surface area contributed by atoms with E-state index in [1.807, 2.05) is 6.08 Å². The van der Waals surface area contributed by atoms with Gasteiger partial charge in [0.15, 0.2) is 0 Å². The average Bonchev–Trinajstić information content (AvgIpc) is 2.63. The van der Waals surface area contributed by atoms with Crippen molar-refractivity contribution in [2.45, 2.75) is 6.42 Å².